The Hall–Kier alpha value is -3.61. The van der Waals surface area contributed by atoms with Crippen LogP contribution in [0.4, 0.5) is 4.79 Å². The minimum absolute atomic E-state index is 0.0333. The lowest BCUT2D eigenvalue weighted by Gasteiger charge is -2.34. The second-order valence-corrected chi connectivity index (χ2v) is 11.0. The molecule has 1 saturated carbocycles. The van der Waals surface area contributed by atoms with Crippen molar-refractivity contribution >= 4 is 11.9 Å². The topological polar surface area (TPSA) is 79.3 Å². The molecule has 36 heavy (non-hydrogen) atoms. The van der Waals surface area contributed by atoms with Crippen molar-refractivity contribution in [3.8, 4) is 11.3 Å². The number of aryl methyl sites for hydroxylation is 1. The number of benzene rings is 2. The highest BCUT2D eigenvalue weighted by molar-refractivity contribution is 5.83. The quantitative estimate of drug-likeness (QED) is 0.563. The Kier molecular flexibility index (Phi) is 6.33. The number of hydrogen-bond acceptors (Lipinski definition) is 3. The fraction of sp³-hybridized carbons (Fsp3) is 0.414. The van der Waals surface area contributed by atoms with Gasteiger partial charge in [0.1, 0.15) is 0 Å². The standard InChI is InChI=1S/C29H35N5O2/c1-29(2,3)32-28(36)34-15-13-21-22(26-12-14-31-33(26)4)11-10-20(25(21)18-34)17-30-27(35)24-16-23(24)19-8-6-5-7-9-19/h5-12,14,23-24H,13,15-18H2,1-4H3,(H,30,35)(H,32,36)/t23-,24?/m1/s1. The number of hydrogen-bond donors (Lipinski definition) is 2. The van der Waals surface area contributed by atoms with Crippen LogP contribution in [-0.4, -0.2) is 38.7 Å². The second kappa shape index (κ2) is 9.45. The highest BCUT2D eigenvalue weighted by Crippen LogP contribution is 2.47. The molecule has 0 bridgehead atoms. The molecule has 2 atom stereocenters. The van der Waals surface area contributed by atoms with Crippen LogP contribution in [0.1, 0.15) is 55.4 Å². The summed E-state index contributed by atoms with van der Waals surface area (Å²) in [4.78, 5) is 27.8. The van der Waals surface area contributed by atoms with Gasteiger partial charge in [-0.1, -0.05) is 42.5 Å². The molecule has 1 aliphatic heterocycles. The van der Waals surface area contributed by atoms with Gasteiger partial charge in [0.25, 0.3) is 0 Å². The van der Waals surface area contributed by atoms with E-state index in [4.69, 9.17) is 0 Å². The van der Waals surface area contributed by atoms with Crippen molar-refractivity contribution in [3.63, 3.8) is 0 Å². The van der Waals surface area contributed by atoms with Crippen LogP contribution in [0.25, 0.3) is 11.3 Å². The molecule has 2 aromatic carbocycles. The molecule has 7 heteroatoms. The van der Waals surface area contributed by atoms with E-state index in [9.17, 15) is 9.59 Å². The Morgan fingerprint density at radius 3 is 2.53 bits per heavy atom. The number of amides is 3. The molecule has 2 N–H and O–H groups in total. The Morgan fingerprint density at radius 2 is 1.83 bits per heavy atom. The van der Waals surface area contributed by atoms with Gasteiger partial charge in [-0.2, -0.15) is 5.10 Å². The van der Waals surface area contributed by atoms with Gasteiger partial charge in [-0.15, -0.1) is 0 Å². The fourth-order valence-electron chi connectivity index (χ4n) is 5.22. The van der Waals surface area contributed by atoms with Gasteiger partial charge in [-0.05, 0) is 67.9 Å². The van der Waals surface area contributed by atoms with E-state index in [0.717, 1.165) is 35.2 Å². The summed E-state index contributed by atoms with van der Waals surface area (Å²) >= 11 is 0. The summed E-state index contributed by atoms with van der Waals surface area (Å²) in [5.74, 6) is 0.446. The largest absolute Gasteiger partial charge is 0.352 e. The molecule has 2 heterocycles. The van der Waals surface area contributed by atoms with Crippen LogP contribution in [-0.2, 0) is 31.4 Å². The zero-order chi connectivity index (χ0) is 25.4. The summed E-state index contributed by atoms with van der Waals surface area (Å²) < 4.78 is 1.88. The van der Waals surface area contributed by atoms with Crippen molar-refractivity contribution in [2.45, 2.75) is 58.2 Å². The van der Waals surface area contributed by atoms with Gasteiger partial charge in [-0.25, -0.2) is 4.79 Å². The zero-order valence-electron chi connectivity index (χ0n) is 21.5. The van der Waals surface area contributed by atoms with Gasteiger partial charge in [0.15, 0.2) is 0 Å². The summed E-state index contributed by atoms with van der Waals surface area (Å²) in [7, 11) is 1.94. The minimum Gasteiger partial charge on any atom is -0.352 e. The van der Waals surface area contributed by atoms with E-state index in [1.54, 1.807) is 6.20 Å². The maximum Gasteiger partial charge on any atom is 0.318 e. The number of nitrogens with zero attached hydrogens (tertiary/aromatic N) is 3. The lowest BCUT2D eigenvalue weighted by molar-refractivity contribution is -0.122. The van der Waals surface area contributed by atoms with Crippen LogP contribution in [0.2, 0.25) is 0 Å². The normalized spacial score (nSPS) is 18.9. The molecule has 0 radical (unpaired) electrons. The Balaban J connectivity index is 1.36. The Morgan fingerprint density at radius 1 is 1.06 bits per heavy atom. The summed E-state index contributed by atoms with van der Waals surface area (Å²) in [6.45, 7) is 7.60. The van der Waals surface area contributed by atoms with Crippen LogP contribution in [0.5, 0.6) is 0 Å². The average molecular weight is 486 g/mol. The summed E-state index contributed by atoms with van der Waals surface area (Å²) in [5, 5.41) is 10.6. The molecule has 188 valence electrons. The van der Waals surface area contributed by atoms with E-state index in [0.29, 0.717) is 25.6 Å². The summed E-state index contributed by atoms with van der Waals surface area (Å²) in [6.07, 6.45) is 3.46. The molecule has 1 aliphatic carbocycles. The molecule has 1 unspecified atom stereocenters. The van der Waals surface area contributed by atoms with E-state index in [2.05, 4.69) is 40.0 Å². The first kappa shape index (κ1) is 24.1. The molecular weight excluding hydrogens is 450 g/mol. The van der Waals surface area contributed by atoms with Crippen LogP contribution in [0.15, 0.2) is 54.7 Å². The van der Waals surface area contributed by atoms with Crippen molar-refractivity contribution in [2.75, 3.05) is 6.54 Å². The maximum absolute atomic E-state index is 13.0. The first-order valence-electron chi connectivity index (χ1n) is 12.7. The molecule has 0 spiro atoms. The number of nitrogens with one attached hydrogen (secondary N) is 2. The summed E-state index contributed by atoms with van der Waals surface area (Å²) in [6, 6.07) is 16.4. The summed E-state index contributed by atoms with van der Waals surface area (Å²) in [5.41, 5.74) is 6.55. The number of fused-ring (bicyclic) bond motifs is 1. The Bertz CT molecular complexity index is 1270. The lowest BCUT2D eigenvalue weighted by Crippen LogP contribution is -2.50. The second-order valence-electron chi connectivity index (χ2n) is 11.0. The molecule has 3 amide bonds. The SMILES string of the molecule is Cn1nccc1-c1ccc(CNC(=O)C2C[C@@H]2c2ccccc2)c2c1CCN(C(=O)NC(C)(C)C)C2. The predicted molar refractivity (Wildman–Crippen MR) is 140 cm³/mol. The van der Waals surface area contributed by atoms with E-state index in [1.807, 2.05) is 61.7 Å². The van der Waals surface area contributed by atoms with Crippen LogP contribution >= 0.6 is 0 Å². The molecule has 5 rings (SSSR count). The lowest BCUT2D eigenvalue weighted by atomic mass is 9.89. The maximum atomic E-state index is 13.0. The Labute approximate surface area is 212 Å². The van der Waals surface area contributed by atoms with Gasteiger partial charge >= 0.3 is 6.03 Å². The van der Waals surface area contributed by atoms with Crippen molar-refractivity contribution in [1.29, 1.82) is 0 Å². The number of carbonyl (C=O) groups is 2. The molecule has 0 saturated heterocycles. The molecule has 7 nitrogen and oxygen atoms in total. The van der Waals surface area contributed by atoms with E-state index in [-0.39, 0.29) is 23.4 Å². The van der Waals surface area contributed by atoms with Gasteiger partial charge in [0, 0.05) is 49.9 Å². The first-order valence-corrected chi connectivity index (χ1v) is 12.7. The molecule has 2 aliphatic rings. The fourth-order valence-corrected chi connectivity index (χ4v) is 5.22. The smallest absolute Gasteiger partial charge is 0.318 e. The molecule has 1 aromatic heterocycles. The van der Waals surface area contributed by atoms with Gasteiger partial charge < -0.3 is 15.5 Å². The third-order valence-corrected chi connectivity index (χ3v) is 7.18. The predicted octanol–water partition coefficient (Wildman–Crippen LogP) is 4.37. The van der Waals surface area contributed by atoms with Crippen LogP contribution in [0, 0.1) is 5.92 Å². The van der Waals surface area contributed by atoms with E-state index in [1.165, 1.54) is 11.1 Å². The van der Waals surface area contributed by atoms with Crippen molar-refractivity contribution < 1.29 is 9.59 Å². The number of aromatic nitrogens is 2. The highest BCUT2D eigenvalue weighted by Gasteiger charge is 2.43. The molecule has 3 aromatic rings. The number of rotatable bonds is 5. The van der Waals surface area contributed by atoms with E-state index < -0.39 is 0 Å². The van der Waals surface area contributed by atoms with Crippen molar-refractivity contribution in [3.05, 3.63) is 77.0 Å². The number of urea groups is 1. The van der Waals surface area contributed by atoms with Gasteiger partial charge in [0.05, 0.1) is 5.69 Å². The first-order chi connectivity index (χ1) is 17.2. The highest BCUT2D eigenvalue weighted by atomic mass is 16.2. The van der Waals surface area contributed by atoms with Crippen molar-refractivity contribution in [2.24, 2.45) is 13.0 Å². The monoisotopic (exact) mass is 485 g/mol. The van der Waals surface area contributed by atoms with E-state index >= 15 is 0 Å². The van der Waals surface area contributed by atoms with Crippen molar-refractivity contribution in [1.82, 2.24) is 25.3 Å². The molecule has 1 fully saturated rings. The van der Waals surface area contributed by atoms with Gasteiger partial charge in [0.2, 0.25) is 5.91 Å². The third-order valence-electron chi connectivity index (χ3n) is 7.18. The molecular formula is C29H35N5O2. The van der Waals surface area contributed by atoms with Gasteiger partial charge in [-0.3, -0.25) is 9.48 Å². The zero-order valence-corrected chi connectivity index (χ0v) is 21.5. The minimum atomic E-state index is -0.301. The van der Waals surface area contributed by atoms with Crippen LogP contribution in [0.3, 0.4) is 0 Å². The number of carbonyl (C=O) groups excluding carboxylic acids is 2. The van der Waals surface area contributed by atoms with Crippen LogP contribution < -0.4 is 10.6 Å². The third kappa shape index (κ3) is 5.01. The average Bonchev–Trinajstić information content (AvgIpc) is 3.55.